The maximum absolute atomic E-state index is 5.34. The molecule has 4 saturated carbocycles. The van der Waals surface area contributed by atoms with E-state index in [0.29, 0.717) is 5.41 Å². The number of nitrogens with zero attached hydrogens (tertiary/aromatic N) is 2. The summed E-state index contributed by atoms with van der Waals surface area (Å²) < 4.78 is 2.24. The van der Waals surface area contributed by atoms with Crippen LogP contribution in [0, 0.1) is 31.6 Å². The topological polar surface area (TPSA) is 29.9 Å². The Balaban J connectivity index is 1.51. The second-order valence-electron chi connectivity index (χ2n) is 9.75. The van der Waals surface area contributed by atoms with E-state index in [4.69, 9.17) is 5.10 Å². The lowest BCUT2D eigenvalue weighted by Crippen LogP contribution is -2.49. The summed E-state index contributed by atoms with van der Waals surface area (Å²) in [6.45, 7) is 5.45. The number of fused-ring (bicyclic) bond motifs is 1. The summed E-state index contributed by atoms with van der Waals surface area (Å²) in [4.78, 5) is 0. The zero-order chi connectivity index (χ0) is 17.5. The Bertz CT molecular complexity index is 856. The highest BCUT2D eigenvalue weighted by atomic mass is 15.3. The SMILES string of the molecule is Cc1ccc(-n2nc(C34CC5CC(CC(C5)C3)C4)c3c2NCC3)c(C)c1. The Labute approximate surface area is 156 Å². The maximum Gasteiger partial charge on any atom is 0.133 e. The summed E-state index contributed by atoms with van der Waals surface area (Å²) in [5.41, 5.74) is 7.28. The average molecular weight is 348 g/mol. The predicted octanol–water partition coefficient (Wildman–Crippen LogP) is 4.92. The molecule has 136 valence electrons. The van der Waals surface area contributed by atoms with Gasteiger partial charge >= 0.3 is 0 Å². The van der Waals surface area contributed by atoms with Gasteiger partial charge in [-0.05, 0) is 88.2 Å². The minimum absolute atomic E-state index is 0.384. The third-order valence-electron chi connectivity index (χ3n) is 7.77. The summed E-state index contributed by atoms with van der Waals surface area (Å²) in [5, 5.41) is 9.00. The molecular formula is C23H29N3. The highest BCUT2D eigenvalue weighted by Crippen LogP contribution is 2.61. The molecule has 1 aromatic carbocycles. The number of nitrogens with one attached hydrogen (secondary N) is 1. The molecule has 4 bridgehead atoms. The molecule has 1 N–H and O–H groups in total. The number of rotatable bonds is 2. The van der Waals surface area contributed by atoms with Crippen LogP contribution in [0.4, 0.5) is 5.82 Å². The van der Waals surface area contributed by atoms with Crippen LogP contribution >= 0.6 is 0 Å². The first-order valence-electron chi connectivity index (χ1n) is 10.6. The summed E-state index contributed by atoms with van der Waals surface area (Å²) in [5.74, 6) is 4.19. The van der Waals surface area contributed by atoms with Crippen molar-refractivity contribution >= 4 is 5.82 Å². The van der Waals surface area contributed by atoms with Crippen molar-refractivity contribution in [2.45, 2.75) is 64.2 Å². The molecule has 5 aliphatic rings. The molecule has 0 amide bonds. The van der Waals surface area contributed by atoms with Crippen LogP contribution in [0.5, 0.6) is 0 Å². The molecular weight excluding hydrogens is 318 g/mol. The molecule has 3 heteroatoms. The summed E-state index contributed by atoms with van der Waals surface area (Å²) in [6, 6.07) is 6.75. The average Bonchev–Trinajstić information content (AvgIpc) is 3.16. The van der Waals surface area contributed by atoms with Gasteiger partial charge in [-0.1, -0.05) is 17.7 Å². The molecule has 1 aliphatic heterocycles. The van der Waals surface area contributed by atoms with Gasteiger partial charge in [0.05, 0.1) is 11.4 Å². The number of aryl methyl sites for hydroxylation is 2. The molecule has 0 spiro atoms. The van der Waals surface area contributed by atoms with Gasteiger partial charge in [0.15, 0.2) is 0 Å². The van der Waals surface area contributed by atoms with E-state index in [1.807, 2.05) is 0 Å². The largest absolute Gasteiger partial charge is 0.369 e. The third kappa shape index (κ3) is 2.03. The van der Waals surface area contributed by atoms with E-state index in [1.54, 1.807) is 0 Å². The lowest BCUT2D eigenvalue weighted by molar-refractivity contribution is -0.00770. The Morgan fingerprint density at radius 3 is 2.38 bits per heavy atom. The van der Waals surface area contributed by atoms with E-state index < -0.39 is 0 Å². The number of anilines is 1. The molecule has 3 nitrogen and oxygen atoms in total. The quantitative estimate of drug-likeness (QED) is 0.835. The molecule has 26 heavy (non-hydrogen) atoms. The van der Waals surface area contributed by atoms with Gasteiger partial charge in [0.25, 0.3) is 0 Å². The number of hydrogen-bond donors (Lipinski definition) is 1. The zero-order valence-electron chi connectivity index (χ0n) is 16.0. The lowest BCUT2D eigenvalue weighted by atomic mass is 9.48. The maximum atomic E-state index is 5.34. The molecule has 2 heterocycles. The number of hydrogen-bond acceptors (Lipinski definition) is 2. The van der Waals surface area contributed by atoms with Crippen LogP contribution in [0.2, 0.25) is 0 Å². The monoisotopic (exact) mass is 347 g/mol. The summed E-state index contributed by atoms with van der Waals surface area (Å²) in [7, 11) is 0. The fourth-order valence-electron chi connectivity index (χ4n) is 7.22. The Morgan fingerprint density at radius 2 is 1.73 bits per heavy atom. The Hall–Kier alpha value is -1.77. The van der Waals surface area contributed by atoms with Gasteiger partial charge in [-0.25, -0.2) is 4.68 Å². The van der Waals surface area contributed by atoms with Crippen molar-refractivity contribution in [2.24, 2.45) is 17.8 Å². The minimum atomic E-state index is 0.384. The normalized spacial score (nSPS) is 34.2. The van der Waals surface area contributed by atoms with E-state index in [1.165, 1.54) is 72.4 Å². The van der Waals surface area contributed by atoms with E-state index in [0.717, 1.165) is 30.7 Å². The van der Waals surface area contributed by atoms with Crippen LogP contribution < -0.4 is 5.32 Å². The van der Waals surface area contributed by atoms with Crippen molar-refractivity contribution in [1.82, 2.24) is 9.78 Å². The Morgan fingerprint density at radius 1 is 1.04 bits per heavy atom. The lowest BCUT2D eigenvalue weighted by Gasteiger charge is -2.56. The van der Waals surface area contributed by atoms with Gasteiger partial charge in [0, 0.05) is 17.5 Å². The van der Waals surface area contributed by atoms with Crippen LogP contribution in [0.3, 0.4) is 0 Å². The van der Waals surface area contributed by atoms with Crippen molar-refractivity contribution in [3.63, 3.8) is 0 Å². The smallest absolute Gasteiger partial charge is 0.133 e. The number of aromatic nitrogens is 2. The standard InChI is InChI=1S/C23H29N3/c1-14-3-4-20(15(2)7-14)26-22-19(5-6-24-22)21(25-26)23-11-16-8-17(12-23)10-18(9-16)13-23/h3-4,7,16-18,24H,5-6,8-13H2,1-2H3. The zero-order valence-corrected chi connectivity index (χ0v) is 16.0. The molecule has 7 rings (SSSR count). The molecule has 0 atom stereocenters. The van der Waals surface area contributed by atoms with Crippen LogP contribution in [-0.2, 0) is 11.8 Å². The van der Waals surface area contributed by atoms with Crippen molar-refractivity contribution < 1.29 is 0 Å². The van der Waals surface area contributed by atoms with Crippen molar-refractivity contribution in [2.75, 3.05) is 11.9 Å². The third-order valence-corrected chi connectivity index (χ3v) is 7.77. The fraction of sp³-hybridized carbons (Fsp3) is 0.609. The van der Waals surface area contributed by atoms with Gasteiger partial charge in [0.1, 0.15) is 5.82 Å². The first-order valence-corrected chi connectivity index (χ1v) is 10.6. The van der Waals surface area contributed by atoms with E-state index >= 15 is 0 Å². The first-order chi connectivity index (χ1) is 12.6. The molecule has 0 radical (unpaired) electrons. The predicted molar refractivity (Wildman–Crippen MR) is 105 cm³/mol. The fourth-order valence-corrected chi connectivity index (χ4v) is 7.22. The molecule has 4 aliphatic carbocycles. The molecule has 0 unspecified atom stereocenters. The van der Waals surface area contributed by atoms with Crippen LogP contribution in [0.25, 0.3) is 5.69 Å². The second kappa shape index (κ2) is 5.15. The summed E-state index contributed by atoms with van der Waals surface area (Å²) in [6.07, 6.45) is 9.84. The minimum Gasteiger partial charge on any atom is -0.369 e. The molecule has 2 aromatic rings. The van der Waals surface area contributed by atoms with Crippen molar-refractivity contribution in [1.29, 1.82) is 0 Å². The van der Waals surface area contributed by atoms with Crippen LogP contribution in [-0.4, -0.2) is 16.3 Å². The summed E-state index contributed by atoms with van der Waals surface area (Å²) >= 11 is 0. The molecule has 4 fully saturated rings. The van der Waals surface area contributed by atoms with E-state index in [-0.39, 0.29) is 0 Å². The first kappa shape index (κ1) is 15.3. The van der Waals surface area contributed by atoms with Gasteiger partial charge in [-0.2, -0.15) is 5.10 Å². The molecule has 0 saturated heterocycles. The Kier molecular flexibility index (Phi) is 3.03. The second-order valence-corrected chi connectivity index (χ2v) is 9.75. The van der Waals surface area contributed by atoms with Gasteiger partial charge < -0.3 is 5.32 Å². The van der Waals surface area contributed by atoms with Crippen molar-refractivity contribution in [3.8, 4) is 5.69 Å². The van der Waals surface area contributed by atoms with Gasteiger partial charge in [-0.3, -0.25) is 0 Å². The van der Waals surface area contributed by atoms with E-state index in [2.05, 4.69) is 42.0 Å². The van der Waals surface area contributed by atoms with Crippen LogP contribution in [0.15, 0.2) is 18.2 Å². The number of benzene rings is 1. The van der Waals surface area contributed by atoms with Crippen LogP contribution in [0.1, 0.15) is 60.9 Å². The van der Waals surface area contributed by atoms with E-state index in [9.17, 15) is 0 Å². The highest BCUT2D eigenvalue weighted by Gasteiger charge is 2.54. The van der Waals surface area contributed by atoms with Gasteiger partial charge in [-0.15, -0.1) is 0 Å². The van der Waals surface area contributed by atoms with Crippen molar-refractivity contribution in [3.05, 3.63) is 40.6 Å². The highest BCUT2D eigenvalue weighted by molar-refractivity contribution is 5.60. The molecule has 1 aromatic heterocycles. The van der Waals surface area contributed by atoms with Gasteiger partial charge in [0.2, 0.25) is 0 Å².